The van der Waals surface area contributed by atoms with E-state index in [1.54, 1.807) is 0 Å². The lowest BCUT2D eigenvalue weighted by Crippen LogP contribution is -2.35. The Morgan fingerprint density at radius 3 is 2.42 bits per heavy atom. The Bertz CT molecular complexity index is 682. The third-order valence-electron chi connectivity index (χ3n) is 6.08. The number of hydrogen-bond acceptors (Lipinski definition) is 3. The van der Waals surface area contributed by atoms with Gasteiger partial charge < -0.3 is 0 Å². The van der Waals surface area contributed by atoms with E-state index in [0.29, 0.717) is 11.6 Å². The molecule has 0 spiro atoms. The summed E-state index contributed by atoms with van der Waals surface area (Å²) in [5, 5.41) is -0.171. The molecular weight excluding hydrogens is 320 g/mol. The molecule has 0 radical (unpaired) electrons. The second-order valence-electron chi connectivity index (χ2n) is 7.86. The van der Waals surface area contributed by atoms with Crippen LogP contribution in [-0.2, 0) is 10.0 Å². The van der Waals surface area contributed by atoms with Crippen molar-refractivity contribution < 1.29 is 8.42 Å². The van der Waals surface area contributed by atoms with Gasteiger partial charge in [0, 0.05) is 17.8 Å². The summed E-state index contributed by atoms with van der Waals surface area (Å²) in [6.07, 6.45) is 8.08. The van der Waals surface area contributed by atoms with E-state index in [1.807, 2.05) is 12.1 Å². The molecule has 3 atom stereocenters. The molecule has 5 heteroatoms. The number of nitrogens with one attached hydrogen (secondary N) is 1. The minimum absolute atomic E-state index is 0.171. The van der Waals surface area contributed by atoms with Crippen molar-refractivity contribution in [1.82, 2.24) is 4.90 Å². The number of anilines is 1. The Morgan fingerprint density at radius 2 is 1.79 bits per heavy atom. The van der Waals surface area contributed by atoms with Crippen molar-refractivity contribution in [3.05, 3.63) is 29.8 Å². The van der Waals surface area contributed by atoms with Gasteiger partial charge in [-0.3, -0.25) is 9.62 Å². The van der Waals surface area contributed by atoms with Crippen molar-refractivity contribution in [2.45, 2.75) is 75.1 Å². The topological polar surface area (TPSA) is 49.4 Å². The van der Waals surface area contributed by atoms with Gasteiger partial charge >= 0.3 is 0 Å². The minimum atomic E-state index is -3.15. The summed E-state index contributed by atoms with van der Waals surface area (Å²) in [5.74, 6) is 0.622. The van der Waals surface area contributed by atoms with E-state index in [-0.39, 0.29) is 5.25 Å². The van der Waals surface area contributed by atoms with Gasteiger partial charge in [-0.1, -0.05) is 12.1 Å². The van der Waals surface area contributed by atoms with E-state index in [2.05, 4.69) is 28.7 Å². The highest BCUT2D eigenvalue weighted by molar-refractivity contribution is 7.93. The van der Waals surface area contributed by atoms with Crippen LogP contribution in [0, 0.1) is 0 Å². The van der Waals surface area contributed by atoms with Crippen LogP contribution in [-0.4, -0.2) is 37.2 Å². The van der Waals surface area contributed by atoms with Crippen molar-refractivity contribution in [2.75, 3.05) is 11.3 Å². The summed E-state index contributed by atoms with van der Waals surface area (Å²) in [5.41, 5.74) is 2.06. The molecule has 0 aromatic heterocycles. The second kappa shape index (κ2) is 6.34. The van der Waals surface area contributed by atoms with E-state index in [0.717, 1.165) is 24.9 Å². The van der Waals surface area contributed by atoms with Crippen LogP contribution in [0.25, 0.3) is 0 Å². The largest absolute Gasteiger partial charge is 0.298 e. The molecule has 2 aliphatic carbocycles. The van der Waals surface area contributed by atoms with Crippen LogP contribution in [0.1, 0.15) is 63.4 Å². The van der Waals surface area contributed by atoms with Gasteiger partial charge in [-0.15, -0.1) is 0 Å². The summed E-state index contributed by atoms with van der Waals surface area (Å²) in [4.78, 5) is 2.71. The van der Waals surface area contributed by atoms with Crippen molar-refractivity contribution in [1.29, 1.82) is 0 Å². The van der Waals surface area contributed by atoms with E-state index in [9.17, 15) is 8.42 Å². The summed E-state index contributed by atoms with van der Waals surface area (Å²) >= 11 is 0. The molecule has 4 nitrogen and oxygen atoms in total. The van der Waals surface area contributed by atoms with Crippen LogP contribution in [0.15, 0.2) is 24.3 Å². The van der Waals surface area contributed by atoms with Gasteiger partial charge in [-0.2, -0.15) is 0 Å². The molecule has 0 bridgehead atoms. The Morgan fingerprint density at radius 1 is 1.04 bits per heavy atom. The molecular formula is C19H28N2O2S. The minimum Gasteiger partial charge on any atom is -0.298 e. The predicted octanol–water partition coefficient (Wildman–Crippen LogP) is 3.71. The Hall–Kier alpha value is -1.07. The lowest BCUT2D eigenvalue weighted by Gasteiger charge is -2.28. The average Bonchev–Trinajstić information content (AvgIpc) is 3.18. The third kappa shape index (κ3) is 3.33. The van der Waals surface area contributed by atoms with Crippen LogP contribution < -0.4 is 4.72 Å². The molecule has 1 aliphatic heterocycles. The van der Waals surface area contributed by atoms with Gasteiger partial charge in [0.25, 0.3) is 0 Å². The zero-order chi connectivity index (χ0) is 16.7. The van der Waals surface area contributed by atoms with Gasteiger partial charge in [0.15, 0.2) is 0 Å². The zero-order valence-electron chi connectivity index (χ0n) is 14.4. The molecule has 1 aromatic carbocycles. The van der Waals surface area contributed by atoms with Crippen LogP contribution in [0.3, 0.4) is 0 Å². The number of benzene rings is 1. The summed E-state index contributed by atoms with van der Waals surface area (Å²) in [7, 11) is -3.15. The Kier molecular flexibility index (Phi) is 4.33. The number of hydrogen-bond donors (Lipinski definition) is 1. The molecule has 1 N–H and O–H groups in total. The van der Waals surface area contributed by atoms with Gasteiger partial charge in [0.1, 0.15) is 0 Å². The molecule has 132 valence electrons. The first kappa shape index (κ1) is 16.4. The SMILES string of the molecule is CC1CCCN1C1CCC(c2ccc(NS(=O)(=O)C3CC3)cc2)C1. The first-order valence-corrected chi connectivity index (χ1v) is 10.9. The quantitative estimate of drug-likeness (QED) is 0.882. The normalized spacial score (nSPS) is 31.5. The number of sulfonamides is 1. The highest BCUT2D eigenvalue weighted by atomic mass is 32.2. The van der Waals surface area contributed by atoms with Crippen LogP contribution in [0.2, 0.25) is 0 Å². The molecule has 2 saturated carbocycles. The van der Waals surface area contributed by atoms with Crippen LogP contribution in [0.4, 0.5) is 5.69 Å². The zero-order valence-corrected chi connectivity index (χ0v) is 15.3. The van der Waals surface area contributed by atoms with E-state index < -0.39 is 10.0 Å². The highest BCUT2D eigenvalue weighted by Gasteiger charge is 2.36. The summed E-state index contributed by atoms with van der Waals surface area (Å²) in [6, 6.07) is 9.58. The average molecular weight is 349 g/mol. The van der Waals surface area contributed by atoms with Gasteiger partial charge in [0.2, 0.25) is 10.0 Å². The molecule has 4 rings (SSSR count). The summed E-state index contributed by atoms with van der Waals surface area (Å²) in [6.45, 7) is 3.63. The third-order valence-corrected chi connectivity index (χ3v) is 7.95. The molecule has 3 aliphatic rings. The monoisotopic (exact) mass is 348 g/mol. The maximum absolute atomic E-state index is 12.0. The van der Waals surface area contributed by atoms with Gasteiger partial charge in [-0.25, -0.2) is 8.42 Å². The lowest BCUT2D eigenvalue weighted by atomic mass is 9.97. The van der Waals surface area contributed by atoms with Crippen molar-refractivity contribution >= 4 is 15.7 Å². The van der Waals surface area contributed by atoms with Crippen molar-refractivity contribution in [3.63, 3.8) is 0 Å². The number of likely N-dealkylation sites (tertiary alicyclic amines) is 1. The molecule has 0 amide bonds. The lowest BCUT2D eigenvalue weighted by molar-refractivity contribution is 0.191. The fraction of sp³-hybridized carbons (Fsp3) is 0.684. The molecule has 3 fully saturated rings. The maximum Gasteiger partial charge on any atom is 0.235 e. The van der Waals surface area contributed by atoms with E-state index in [4.69, 9.17) is 0 Å². The van der Waals surface area contributed by atoms with Crippen molar-refractivity contribution in [2.24, 2.45) is 0 Å². The van der Waals surface area contributed by atoms with Crippen LogP contribution >= 0.6 is 0 Å². The second-order valence-corrected chi connectivity index (χ2v) is 9.82. The first-order chi connectivity index (χ1) is 11.5. The van der Waals surface area contributed by atoms with E-state index in [1.165, 1.54) is 44.2 Å². The van der Waals surface area contributed by atoms with Gasteiger partial charge in [0.05, 0.1) is 5.25 Å². The van der Waals surface area contributed by atoms with Gasteiger partial charge in [-0.05, 0) is 82.0 Å². The fourth-order valence-electron chi connectivity index (χ4n) is 4.51. The number of rotatable bonds is 5. The first-order valence-electron chi connectivity index (χ1n) is 9.40. The Labute approximate surface area is 145 Å². The highest BCUT2D eigenvalue weighted by Crippen LogP contribution is 2.39. The Balaban J connectivity index is 1.38. The molecule has 1 saturated heterocycles. The van der Waals surface area contributed by atoms with E-state index >= 15 is 0 Å². The fourth-order valence-corrected chi connectivity index (χ4v) is 5.90. The van der Waals surface area contributed by atoms with Crippen LogP contribution in [0.5, 0.6) is 0 Å². The number of nitrogens with zero attached hydrogens (tertiary/aromatic N) is 1. The standard InChI is InChI=1S/C19H28N2O2S/c1-14-3-2-12-21(14)18-9-6-16(13-18)15-4-7-17(8-5-15)20-24(22,23)19-10-11-19/h4-5,7-8,14,16,18-20H,2-3,6,9-13H2,1H3. The molecule has 1 heterocycles. The molecule has 24 heavy (non-hydrogen) atoms. The summed E-state index contributed by atoms with van der Waals surface area (Å²) < 4.78 is 26.7. The van der Waals surface area contributed by atoms with Crippen molar-refractivity contribution in [3.8, 4) is 0 Å². The maximum atomic E-state index is 12.0. The molecule has 3 unspecified atom stereocenters. The molecule has 1 aromatic rings. The predicted molar refractivity (Wildman–Crippen MR) is 97.8 cm³/mol. The smallest absolute Gasteiger partial charge is 0.235 e.